The smallest absolute Gasteiger partial charge is 0.346 e. The Morgan fingerprint density at radius 2 is 1.70 bits per heavy atom. The Labute approximate surface area is 135 Å². The van der Waals surface area contributed by atoms with Gasteiger partial charge in [-0.05, 0) is 42.2 Å². The van der Waals surface area contributed by atoms with E-state index in [2.05, 4.69) is 13.8 Å². The molecule has 0 N–H and O–H groups in total. The number of ether oxygens (including phenoxy) is 2. The maximum absolute atomic E-state index is 12.2. The normalized spacial score (nSPS) is 15.2. The molecular formula is C19H18O4. The van der Waals surface area contributed by atoms with E-state index in [1.807, 2.05) is 0 Å². The van der Waals surface area contributed by atoms with Gasteiger partial charge >= 0.3 is 11.9 Å². The predicted molar refractivity (Wildman–Crippen MR) is 85.8 cm³/mol. The first-order chi connectivity index (χ1) is 11.0. The van der Waals surface area contributed by atoms with E-state index in [4.69, 9.17) is 9.47 Å². The van der Waals surface area contributed by atoms with Crippen LogP contribution in [0.3, 0.4) is 0 Å². The van der Waals surface area contributed by atoms with Gasteiger partial charge in [0.2, 0.25) is 0 Å². The summed E-state index contributed by atoms with van der Waals surface area (Å²) in [6.07, 6.45) is 0.876. The molecule has 0 amide bonds. The standard InChI is InChI=1S/C19H18O4/c1-19(2)10-11-22-16-9-8-14(12-15(16)19)18(21)23-17(20)13-6-4-3-5-7-13/h3-9,12H,10-11H2,1-2H3. The van der Waals surface area contributed by atoms with Crippen molar-refractivity contribution < 1.29 is 19.1 Å². The number of benzene rings is 2. The second-order valence-corrected chi connectivity index (χ2v) is 6.24. The Kier molecular flexibility index (Phi) is 3.90. The molecule has 0 atom stereocenters. The van der Waals surface area contributed by atoms with Crippen molar-refractivity contribution in [2.45, 2.75) is 25.7 Å². The van der Waals surface area contributed by atoms with Crippen LogP contribution < -0.4 is 4.74 Å². The number of carbonyl (C=O) groups is 2. The largest absolute Gasteiger partial charge is 0.493 e. The summed E-state index contributed by atoms with van der Waals surface area (Å²) in [5.74, 6) is -0.515. The van der Waals surface area contributed by atoms with Gasteiger partial charge < -0.3 is 9.47 Å². The fraction of sp³-hybridized carbons (Fsp3) is 0.263. The Hall–Kier alpha value is -2.62. The third kappa shape index (κ3) is 3.11. The van der Waals surface area contributed by atoms with E-state index < -0.39 is 11.9 Å². The van der Waals surface area contributed by atoms with E-state index in [1.165, 1.54) is 0 Å². The van der Waals surface area contributed by atoms with E-state index in [9.17, 15) is 9.59 Å². The van der Waals surface area contributed by atoms with E-state index in [-0.39, 0.29) is 5.41 Å². The molecule has 1 aliphatic rings. The Morgan fingerprint density at radius 1 is 1.00 bits per heavy atom. The summed E-state index contributed by atoms with van der Waals surface area (Å²) in [7, 11) is 0. The Morgan fingerprint density at radius 3 is 2.43 bits per heavy atom. The number of esters is 2. The fourth-order valence-electron chi connectivity index (χ4n) is 2.64. The van der Waals surface area contributed by atoms with Gasteiger partial charge in [0.05, 0.1) is 17.7 Å². The zero-order chi connectivity index (χ0) is 16.4. The molecule has 0 fully saturated rings. The SMILES string of the molecule is CC1(C)CCOc2ccc(C(=O)OC(=O)c3ccccc3)cc21. The van der Waals surface area contributed by atoms with Crippen molar-refractivity contribution in [3.8, 4) is 5.75 Å². The third-order valence-electron chi connectivity index (χ3n) is 4.12. The lowest BCUT2D eigenvalue weighted by molar-refractivity contribution is 0.0397. The van der Waals surface area contributed by atoms with Gasteiger partial charge in [0.1, 0.15) is 5.75 Å². The average Bonchev–Trinajstić information content (AvgIpc) is 2.55. The monoisotopic (exact) mass is 310 g/mol. The van der Waals surface area contributed by atoms with Gasteiger partial charge in [-0.3, -0.25) is 0 Å². The van der Waals surface area contributed by atoms with Crippen LogP contribution in [0.15, 0.2) is 48.5 Å². The predicted octanol–water partition coefficient (Wildman–Crippen LogP) is 3.74. The molecular weight excluding hydrogens is 292 g/mol. The van der Waals surface area contributed by atoms with E-state index in [0.29, 0.717) is 17.7 Å². The molecule has 0 aliphatic carbocycles. The third-order valence-corrected chi connectivity index (χ3v) is 4.12. The second-order valence-electron chi connectivity index (χ2n) is 6.24. The molecule has 0 unspecified atom stereocenters. The highest BCUT2D eigenvalue weighted by Gasteiger charge is 2.30. The lowest BCUT2D eigenvalue weighted by Gasteiger charge is -2.32. The first-order valence-electron chi connectivity index (χ1n) is 7.56. The van der Waals surface area contributed by atoms with Crippen molar-refractivity contribution in [2.75, 3.05) is 6.61 Å². The van der Waals surface area contributed by atoms with Crippen molar-refractivity contribution in [3.05, 3.63) is 65.2 Å². The molecule has 23 heavy (non-hydrogen) atoms. The van der Waals surface area contributed by atoms with Gasteiger partial charge in [0, 0.05) is 5.56 Å². The lowest BCUT2D eigenvalue weighted by atomic mass is 9.79. The molecule has 4 nitrogen and oxygen atoms in total. The van der Waals surface area contributed by atoms with Gasteiger partial charge in [0.25, 0.3) is 0 Å². The van der Waals surface area contributed by atoms with Crippen molar-refractivity contribution in [3.63, 3.8) is 0 Å². The molecule has 2 aromatic carbocycles. The van der Waals surface area contributed by atoms with Crippen LogP contribution in [0.4, 0.5) is 0 Å². The number of fused-ring (bicyclic) bond motifs is 1. The number of hydrogen-bond donors (Lipinski definition) is 0. The van der Waals surface area contributed by atoms with E-state index in [0.717, 1.165) is 17.7 Å². The molecule has 2 aromatic rings. The molecule has 0 saturated heterocycles. The quantitative estimate of drug-likeness (QED) is 0.626. The fourth-order valence-corrected chi connectivity index (χ4v) is 2.64. The van der Waals surface area contributed by atoms with Crippen LogP contribution in [0.5, 0.6) is 5.75 Å². The first-order valence-corrected chi connectivity index (χ1v) is 7.56. The Bertz CT molecular complexity index is 747. The first kappa shape index (κ1) is 15.3. The molecule has 3 rings (SSSR count). The van der Waals surface area contributed by atoms with Crippen molar-refractivity contribution >= 4 is 11.9 Å². The van der Waals surface area contributed by atoms with Crippen LogP contribution >= 0.6 is 0 Å². The number of carbonyl (C=O) groups excluding carboxylic acids is 2. The van der Waals surface area contributed by atoms with E-state index in [1.54, 1.807) is 48.5 Å². The van der Waals surface area contributed by atoms with Gasteiger partial charge in [-0.15, -0.1) is 0 Å². The summed E-state index contributed by atoms with van der Waals surface area (Å²) in [5.41, 5.74) is 1.59. The zero-order valence-corrected chi connectivity index (χ0v) is 13.2. The highest BCUT2D eigenvalue weighted by molar-refractivity contribution is 6.02. The van der Waals surface area contributed by atoms with E-state index >= 15 is 0 Å². The number of hydrogen-bond acceptors (Lipinski definition) is 4. The molecule has 1 aliphatic heterocycles. The topological polar surface area (TPSA) is 52.6 Å². The van der Waals surface area contributed by atoms with Gasteiger partial charge in [-0.1, -0.05) is 32.0 Å². The minimum absolute atomic E-state index is 0.0761. The molecule has 0 aromatic heterocycles. The molecule has 1 heterocycles. The summed E-state index contributed by atoms with van der Waals surface area (Å²) in [6.45, 7) is 4.88. The molecule has 118 valence electrons. The summed E-state index contributed by atoms with van der Waals surface area (Å²) in [4.78, 5) is 24.2. The van der Waals surface area contributed by atoms with Crippen molar-refractivity contribution in [2.24, 2.45) is 0 Å². The highest BCUT2D eigenvalue weighted by atomic mass is 16.6. The average molecular weight is 310 g/mol. The maximum atomic E-state index is 12.2. The van der Waals surface area contributed by atoms with Crippen LogP contribution in [-0.4, -0.2) is 18.5 Å². The molecule has 0 radical (unpaired) electrons. The number of rotatable bonds is 2. The minimum Gasteiger partial charge on any atom is -0.493 e. The summed E-state index contributed by atoms with van der Waals surface area (Å²) >= 11 is 0. The van der Waals surface area contributed by atoms with Crippen LogP contribution in [-0.2, 0) is 10.2 Å². The van der Waals surface area contributed by atoms with Crippen molar-refractivity contribution in [1.29, 1.82) is 0 Å². The minimum atomic E-state index is -0.650. The second kappa shape index (κ2) is 5.88. The summed E-state index contributed by atoms with van der Waals surface area (Å²) < 4.78 is 10.6. The van der Waals surface area contributed by atoms with Gasteiger partial charge in [-0.2, -0.15) is 0 Å². The molecule has 0 bridgehead atoms. The molecule has 4 heteroatoms. The van der Waals surface area contributed by atoms with Crippen LogP contribution in [0.25, 0.3) is 0 Å². The van der Waals surface area contributed by atoms with Gasteiger partial charge in [0.15, 0.2) is 0 Å². The van der Waals surface area contributed by atoms with Gasteiger partial charge in [-0.25, -0.2) is 9.59 Å². The summed E-state index contributed by atoms with van der Waals surface area (Å²) in [6, 6.07) is 13.6. The highest BCUT2D eigenvalue weighted by Crippen LogP contribution is 2.38. The van der Waals surface area contributed by atoms with Crippen LogP contribution in [0.2, 0.25) is 0 Å². The molecule has 0 spiro atoms. The van der Waals surface area contributed by atoms with Crippen molar-refractivity contribution in [1.82, 2.24) is 0 Å². The molecule has 0 saturated carbocycles. The zero-order valence-electron chi connectivity index (χ0n) is 13.2. The Balaban J connectivity index is 1.82. The van der Waals surface area contributed by atoms with Crippen LogP contribution in [0, 0.1) is 0 Å². The van der Waals surface area contributed by atoms with Crippen LogP contribution in [0.1, 0.15) is 46.5 Å². The maximum Gasteiger partial charge on any atom is 0.346 e. The summed E-state index contributed by atoms with van der Waals surface area (Å²) in [5, 5.41) is 0. The lowest BCUT2D eigenvalue weighted by Crippen LogP contribution is -2.27.